The van der Waals surface area contributed by atoms with Gasteiger partial charge in [-0.15, -0.1) is 0 Å². The Balaban J connectivity index is 3.01. The second-order valence-electron chi connectivity index (χ2n) is 9.53. The van der Waals surface area contributed by atoms with E-state index in [1.54, 1.807) is 45.9 Å². The number of nitrogens with one attached hydrogen (secondary N) is 5. The molecule has 4 atom stereocenters. The highest BCUT2D eigenvalue weighted by Gasteiger charge is 2.30. The summed E-state index contributed by atoms with van der Waals surface area (Å²) < 4.78 is 0. The molecular formula is C24H39N5O6. The van der Waals surface area contributed by atoms with Crippen LogP contribution in [0.1, 0.15) is 48.0 Å². The molecule has 0 aromatic rings. The van der Waals surface area contributed by atoms with Crippen molar-refractivity contribution in [3.63, 3.8) is 0 Å². The van der Waals surface area contributed by atoms with Crippen molar-refractivity contribution >= 4 is 29.7 Å². The molecule has 1 aliphatic heterocycles. The molecule has 0 unspecified atom stereocenters. The molecule has 6 N–H and O–H groups in total. The molecule has 0 spiro atoms. The van der Waals surface area contributed by atoms with Gasteiger partial charge in [-0.2, -0.15) is 0 Å². The predicted octanol–water partition coefficient (Wildman–Crippen LogP) is 0.677. The zero-order valence-electron chi connectivity index (χ0n) is 21.3. The highest BCUT2D eigenvalue weighted by atomic mass is 16.4. The lowest BCUT2D eigenvalue weighted by Crippen LogP contribution is -2.58. The smallest absolute Gasteiger partial charge is 0.326 e. The van der Waals surface area contributed by atoms with Crippen molar-refractivity contribution in [2.45, 2.75) is 72.1 Å². The number of carbonyl (C=O) groups excluding carboxylic acids is 4. The molecule has 0 saturated carbocycles. The third-order valence-electron chi connectivity index (χ3n) is 5.46. The maximum Gasteiger partial charge on any atom is 0.326 e. The summed E-state index contributed by atoms with van der Waals surface area (Å²) in [5.41, 5.74) is 0. The summed E-state index contributed by atoms with van der Waals surface area (Å²) in [7, 11) is 0. The molecule has 196 valence electrons. The molecular weight excluding hydrogens is 454 g/mol. The summed E-state index contributed by atoms with van der Waals surface area (Å²) in [5.74, 6) is -3.20. The van der Waals surface area contributed by atoms with Gasteiger partial charge in [0.15, 0.2) is 0 Å². The van der Waals surface area contributed by atoms with E-state index in [9.17, 15) is 29.1 Å². The second-order valence-corrected chi connectivity index (χ2v) is 9.53. The second kappa shape index (κ2) is 14.1. The number of rotatable bonds is 8. The van der Waals surface area contributed by atoms with Gasteiger partial charge in [-0.25, -0.2) is 9.59 Å². The lowest BCUT2D eigenvalue weighted by Gasteiger charge is -2.27. The predicted molar refractivity (Wildman–Crippen MR) is 131 cm³/mol. The van der Waals surface area contributed by atoms with E-state index in [0.717, 1.165) is 0 Å². The van der Waals surface area contributed by atoms with Crippen LogP contribution in [0.2, 0.25) is 0 Å². The minimum Gasteiger partial charge on any atom is -0.480 e. The van der Waals surface area contributed by atoms with Gasteiger partial charge in [0.05, 0.1) is 0 Å². The summed E-state index contributed by atoms with van der Waals surface area (Å²) in [6.07, 6.45) is 6.66. The Morgan fingerprint density at radius 1 is 0.971 bits per heavy atom. The van der Waals surface area contributed by atoms with Gasteiger partial charge in [-0.3, -0.25) is 14.4 Å². The van der Waals surface area contributed by atoms with Gasteiger partial charge >= 0.3 is 12.0 Å². The number of carboxylic acids is 1. The minimum atomic E-state index is -1.18. The van der Waals surface area contributed by atoms with Gasteiger partial charge < -0.3 is 31.7 Å². The number of hydrogen-bond donors (Lipinski definition) is 6. The van der Waals surface area contributed by atoms with Crippen LogP contribution in [0.25, 0.3) is 0 Å². The number of carbonyl (C=O) groups is 5. The molecule has 1 aliphatic rings. The molecule has 0 bridgehead atoms. The molecule has 11 nitrogen and oxygen atoms in total. The van der Waals surface area contributed by atoms with Crippen LogP contribution in [0.4, 0.5) is 4.79 Å². The molecule has 35 heavy (non-hydrogen) atoms. The average molecular weight is 494 g/mol. The van der Waals surface area contributed by atoms with Crippen LogP contribution in [0.5, 0.6) is 0 Å². The minimum absolute atomic E-state index is 0.0109. The summed E-state index contributed by atoms with van der Waals surface area (Å²) in [4.78, 5) is 61.7. The van der Waals surface area contributed by atoms with Crippen molar-refractivity contribution in [1.29, 1.82) is 0 Å². The Kier molecular flexibility index (Phi) is 12.0. The molecule has 0 aromatic carbocycles. The van der Waals surface area contributed by atoms with Gasteiger partial charge in [0.1, 0.15) is 18.1 Å². The van der Waals surface area contributed by atoms with Crippen LogP contribution >= 0.6 is 0 Å². The standard InChI is InChI=1S/C24H39N5O6/c1-13(2)16-10-11-18(30)25-12-8-7-9-17(21(31)26-16)27-22(32)19(14(3)4)28-24(35)29-20(15(5)6)23(33)34/h7,9-11,13-17,19-20H,8,12H2,1-6H3,(H,25,30)(H,26,31)(H,27,32)(H,33,34)(H2,28,29,35)/b9-7+,11-10+/t16-,17-,19-,20-/m0/s1. The van der Waals surface area contributed by atoms with E-state index >= 15 is 0 Å². The normalized spacial score (nSPS) is 22.7. The van der Waals surface area contributed by atoms with Crippen LogP contribution in [0.3, 0.4) is 0 Å². The average Bonchev–Trinajstić information content (AvgIpc) is 2.75. The first-order valence-electron chi connectivity index (χ1n) is 11.9. The topological polar surface area (TPSA) is 166 Å². The Bertz CT molecular complexity index is 836. The number of amides is 5. The molecule has 0 aliphatic carbocycles. The first kappa shape index (κ1) is 29.7. The number of aliphatic carboxylic acids is 1. The van der Waals surface area contributed by atoms with Gasteiger partial charge in [-0.1, -0.05) is 59.8 Å². The van der Waals surface area contributed by atoms with E-state index in [0.29, 0.717) is 13.0 Å². The van der Waals surface area contributed by atoms with Gasteiger partial charge in [-0.05, 0) is 24.2 Å². The Morgan fingerprint density at radius 3 is 2.11 bits per heavy atom. The maximum absolute atomic E-state index is 13.1. The van der Waals surface area contributed by atoms with Crippen LogP contribution < -0.4 is 26.6 Å². The van der Waals surface area contributed by atoms with Gasteiger partial charge in [0.2, 0.25) is 17.7 Å². The number of hydrogen-bond acceptors (Lipinski definition) is 5. The third-order valence-corrected chi connectivity index (χ3v) is 5.46. The van der Waals surface area contributed by atoms with Crippen molar-refractivity contribution in [3.8, 4) is 0 Å². The first-order chi connectivity index (χ1) is 16.3. The monoisotopic (exact) mass is 493 g/mol. The van der Waals surface area contributed by atoms with E-state index in [-0.39, 0.29) is 23.7 Å². The van der Waals surface area contributed by atoms with Gasteiger partial charge in [0.25, 0.3) is 0 Å². The molecule has 0 aromatic heterocycles. The van der Waals surface area contributed by atoms with E-state index in [4.69, 9.17) is 0 Å². The van der Waals surface area contributed by atoms with Crippen LogP contribution in [-0.2, 0) is 19.2 Å². The van der Waals surface area contributed by atoms with Crippen molar-refractivity contribution in [3.05, 3.63) is 24.3 Å². The fraction of sp³-hybridized carbons (Fsp3) is 0.625. The summed E-state index contributed by atoms with van der Waals surface area (Å²) in [6.45, 7) is 10.9. The fourth-order valence-corrected chi connectivity index (χ4v) is 3.27. The SMILES string of the molecule is CC(C)[C@@H]1/C=C/C(=O)NCC/C=C/[C@H](NC(=O)[C@@H](NC(=O)N[C@H](C(=O)O)C(C)C)C(C)C)C(=O)N1. The summed E-state index contributed by atoms with van der Waals surface area (Å²) in [6, 6.07) is -4.37. The zero-order chi connectivity index (χ0) is 26.7. The summed E-state index contributed by atoms with van der Waals surface area (Å²) in [5, 5.41) is 22.4. The van der Waals surface area contributed by atoms with Crippen LogP contribution in [0, 0.1) is 17.8 Å². The summed E-state index contributed by atoms with van der Waals surface area (Å²) >= 11 is 0. The van der Waals surface area contributed by atoms with E-state index in [2.05, 4.69) is 26.6 Å². The highest BCUT2D eigenvalue weighted by Crippen LogP contribution is 2.08. The Morgan fingerprint density at radius 2 is 1.57 bits per heavy atom. The van der Waals surface area contributed by atoms with E-state index < -0.39 is 48.0 Å². The molecule has 11 heteroatoms. The lowest BCUT2D eigenvalue weighted by molar-refractivity contribution is -0.140. The third kappa shape index (κ3) is 10.2. The lowest BCUT2D eigenvalue weighted by atomic mass is 10.0. The zero-order valence-corrected chi connectivity index (χ0v) is 21.3. The quantitative estimate of drug-likeness (QED) is 0.272. The molecule has 0 radical (unpaired) electrons. The molecule has 1 heterocycles. The molecule has 0 saturated heterocycles. The van der Waals surface area contributed by atoms with Crippen molar-refractivity contribution < 1.29 is 29.1 Å². The van der Waals surface area contributed by atoms with Crippen molar-refractivity contribution in [2.75, 3.05) is 6.54 Å². The highest BCUT2D eigenvalue weighted by molar-refractivity contribution is 5.94. The van der Waals surface area contributed by atoms with Crippen molar-refractivity contribution in [2.24, 2.45) is 17.8 Å². The number of carboxylic acid groups (broad SMARTS) is 1. The molecule has 0 fully saturated rings. The van der Waals surface area contributed by atoms with E-state index in [1.807, 2.05) is 13.8 Å². The Hall–Kier alpha value is -3.37. The molecule has 1 rings (SSSR count). The van der Waals surface area contributed by atoms with Crippen LogP contribution in [-0.4, -0.2) is 65.5 Å². The van der Waals surface area contributed by atoms with Crippen LogP contribution in [0.15, 0.2) is 24.3 Å². The first-order valence-corrected chi connectivity index (χ1v) is 11.9. The largest absolute Gasteiger partial charge is 0.480 e. The molecule has 5 amide bonds. The van der Waals surface area contributed by atoms with Gasteiger partial charge in [0, 0.05) is 18.7 Å². The number of urea groups is 1. The van der Waals surface area contributed by atoms with E-state index in [1.165, 1.54) is 6.08 Å². The maximum atomic E-state index is 13.1. The van der Waals surface area contributed by atoms with Crippen molar-refractivity contribution in [1.82, 2.24) is 26.6 Å². The fourth-order valence-electron chi connectivity index (χ4n) is 3.27. The Labute approximate surface area is 206 Å².